The van der Waals surface area contributed by atoms with Gasteiger partial charge in [-0.05, 0) is 55.0 Å². The molecule has 0 saturated heterocycles. The summed E-state index contributed by atoms with van der Waals surface area (Å²) in [7, 11) is 0. The van der Waals surface area contributed by atoms with E-state index in [9.17, 15) is 18.4 Å². The summed E-state index contributed by atoms with van der Waals surface area (Å²) in [5.41, 5.74) is 2.32. The third-order valence-corrected chi connectivity index (χ3v) is 5.65. The van der Waals surface area contributed by atoms with E-state index in [1.807, 2.05) is 19.1 Å². The number of hydrogen-bond donors (Lipinski definition) is 3. The Balaban J connectivity index is 1.75. The fraction of sp³-hybridized carbons (Fsp3) is 0.222. The first-order valence-corrected chi connectivity index (χ1v) is 11.6. The molecule has 0 bridgehead atoms. The first-order valence-electron chi connectivity index (χ1n) is 11.6. The van der Waals surface area contributed by atoms with E-state index in [2.05, 4.69) is 15.6 Å². The summed E-state index contributed by atoms with van der Waals surface area (Å²) in [6, 6.07) is 18.3. The Labute approximate surface area is 211 Å². The zero-order chi connectivity index (χ0) is 26.6. The SMILES string of the molecule is CCOc1ccc(Nc2nc3cc(C(=O)NCC(=O)O)ccc3n2Cc2ccccc2C(C)(F)F)cc1. The normalized spacial score (nSPS) is 11.4. The molecule has 0 saturated carbocycles. The summed E-state index contributed by atoms with van der Waals surface area (Å²) < 4.78 is 35.9. The van der Waals surface area contributed by atoms with Crippen LogP contribution in [0.15, 0.2) is 66.7 Å². The smallest absolute Gasteiger partial charge is 0.322 e. The molecule has 4 aromatic rings. The minimum Gasteiger partial charge on any atom is -0.494 e. The first kappa shape index (κ1) is 25.6. The molecule has 1 heterocycles. The molecule has 1 amide bonds. The summed E-state index contributed by atoms with van der Waals surface area (Å²) in [6.45, 7) is 2.87. The number of aromatic nitrogens is 2. The Morgan fingerprint density at radius 2 is 1.81 bits per heavy atom. The number of rotatable bonds is 10. The van der Waals surface area contributed by atoms with Gasteiger partial charge in [0.05, 0.1) is 24.2 Å². The summed E-state index contributed by atoms with van der Waals surface area (Å²) in [5.74, 6) is -3.66. The minimum atomic E-state index is -3.04. The lowest BCUT2D eigenvalue weighted by Gasteiger charge is -2.18. The molecule has 0 aliphatic heterocycles. The van der Waals surface area contributed by atoms with Crippen molar-refractivity contribution in [2.45, 2.75) is 26.3 Å². The zero-order valence-corrected chi connectivity index (χ0v) is 20.3. The standard InChI is InChI=1S/C27H26F2N4O4/c1-3-37-20-11-9-19(10-12-20)31-26-32-22-14-17(25(36)30-15-24(34)35)8-13-23(22)33(26)16-18-6-4-5-7-21(18)27(2,28)29/h4-14H,3,15-16H2,1-2H3,(H,30,36)(H,31,32)(H,34,35). The average molecular weight is 509 g/mol. The number of hydrogen-bond acceptors (Lipinski definition) is 5. The number of imidazole rings is 1. The van der Waals surface area contributed by atoms with E-state index in [-0.39, 0.29) is 17.7 Å². The van der Waals surface area contributed by atoms with Crippen molar-refractivity contribution in [1.29, 1.82) is 0 Å². The lowest BCUT2D eigenvalue weighted by molar-refractivity contribution is -0.135. The monoisotopic (exact) mass is 508 g/mol. The lowest BCUT2D eigenvalue weighted by Crippen LogP contribution is -2.29. The van der Waals surface area contributed by atoms with Crippen LogP contribution in [0.25, 0.3) is 11.0 Å². The van der Waals surface area contributed by atoms with Gasteiger partial charge in [0, 0.05) is 23.7 Å². The van der Waals surface area contributed by atoms with Crippen LogP contribution < -0.4 is 15.4 Å². The second-order valence-corrected chi connectivity index (χ2v) is 8.43. The van der Waals surface area contributed by atoms with Gasteiger partial charge in [0.15, 0.2) is 0 Å². The van der Waals surface area contributed by atoms with Crippen molar-refractivity contribution in [1.82, 2.24) is 14.9 Å². The molecular weight excluding hydrogens is 482 g/mol. The second kappa shape index (κ2) is 10.7. The van der Waals surface area contributed by atoms with E-state index >= 15 is 0 Å². The van der Waals surface area contributed by atoms with E-state index in [1.165, 1.54) is 12.1 Å². The highest BCUT2D eigenvalue weighted by Gasteiger charge is 2.27. The van der Waals surface area contributed by atoms with Crippen LogP contribution in [-0.4, -0.2) is 39.7 Å². The number of alkyl halides is 2. The van der Waals surface area contributed by atoms with Gasteiger partial charge in [-0.25, -0.2) is 13.8 Å². The van der Waals surface area contributed by atoms with Crippen LogP contribution in [0, 0.1) is 0 Å². The van der Waals surface area contributed by atoms with Gasteiger partial charge in [-0.1, -0.05) is 24.3 Å². The molecule has 0 spiro atoms. The van der Waals surface area contributed by atoms with Crippen molar-refractivity contribution < 1.29 is 28.2 Å². The number of carbonyl (C=O) groups excluding carboxylic acids is 1. The van der Waals surface area contributed by atoms with E-state index in [0.717, 1.165) is 6.92 Å². The Bertz CT molecular complexity index is 1430. The maximum Gasteiger partial charge on any atom is 0.322 e. The maximum atomic E-state index is 14.3. The number of carboxylic acid groups (broad SMARTS) is 1. The first-order chi connectivity index (χ1) is 17.7. The van der Waals surface area contributed by atoms with Crippen molar-refractivity contribution in [3.63, 3.8) is 0 Å². The molecule has 0 atom stereocenters. The Morgan fingerprint density at radius 1 is 1.08 bits per heavy atom. The van der Waals surface area contributed by atoms with Crippen LogP contribution in [0.3, 0.4) is 0 Å². The largest absolute Gasteiger partial charge is 0.494 e. The molecule has 3 aromatic carbocycles. The maximum absolute atomic E-state index is 14.3. The number of aliphatic carboxylic acids is 1. The van der Waals surface area contributed by atoms with Crippen LogP contribution >= 0.6 is 0 Å². The molecule has 8 nitrogen and oxygen atoms in total. The number of nitrogens with zero attached hydrogens (tertiary/aromatic N) is 2. The second-order valence-electron chi connectivity index (χ2n) is 8.43. The molecule has 192 valence electrons. The molecule has 0 radical (unpaired) electrons. The number of benzene rings is 3. The average Bonchev–Trinajstić information content (AvgIpc) is 3.19. The molecule has 4 rings (SSSR count). The fourth-order valence-corrected chi connectivity index (χ4v) is 3.97. The predicted molar refractivity (Wildman–Crippen MR) is 136 cm³/mol. The van der Waals surface area contributed by atoms with Gasteiger partial charge in [-0.3, -0.25) is 9.59 Å². The molecule has 0 aliphatic rings. The molecule has 10 heteroatoms. The number of halogens is 2. The molecule has 1 aromatic heterocycles. The van der Waals surface area contributed by atoms with Gasteiger partial charge in [-0.15, -0.1) is 0 Å². The number of anilines is 2. The molecule has 37 heavy (non-hydrogen) atoms. The number of nitrogens with one attached hydrogen (secondary N) is 2. The summed E-state index contributed by atoms with van der Waals surface area (Å²) in [4.78, 5) is 27.8. The van der Waals surface area contributed by atoms with E-state index < -0.39 is 24.3 Å². The summed E-state index contributed by atoms with van der Waals surface area (Å²) in [6.07, 6.45) is 0. The topological polar surface area (TPSA) is 105 Å². The molecule has 0 unspecified atom stereocenters. The fourth-order valence-electron chi connectivity index (χ4n) is 3.97. The highest BCUT2D eigenvalue weighted by molar-refractivity contribution is 5.99. The van der Waals surface area contributed by atoms with Crippen LogP contribution in [0.5, 0.6) is 5.75 Å². The van der Waals surface area contributed by atoms with Crippen molar-refractivity contribution in [2.24, 2.45) is 0 Å². The quantitative estimate of drug-likeness (QED) is 0.274. The van der Waals surface area contributed by atoms with Gasteiger partial charge in [-0.2, -0.15) is 0 Å². The van der Waals surface area contributed by atoms with Crippen LogP contribution in [0.1, 0.15) is 35.3 Å². The van der Waals surface area contributed by atoms with Gasteiger partial charge in [0.25, 0.3) is 11.8 Å². The highest BCUT2D eigenvalue weighted by atomic mass is 19.3. The number of fused-ring (bicyclic) bond motifs is 1. The van der Waals surface area contributed by atoms with Crippen molar-refractivity contribution >= 4 is 34.5 Å². The predicted octanol–water partition coefficient (Wildman–Crippen LogP) is 5.15. The highest BCUT2D eigenvalue weighted by Crippen LogP contribution is 2.32. The molecular formula is C27H26F2N4O4. The minimum absolute atomic E-state index is 0.0893. The number of carboxylic acids is 1. The van der Waals surface area contributed by atoms with Crippen molar-refractivity contribution in [3.05, 3.63) is 83.4 Å². The Morgan fingerprint density at radius 3 is 2.49 bits per heavy atom. The van der Waals surface area contributed by atoms with Gasteiger partial charge in [0.1, 0.15) is 12.3 Å². The number of amides is 1. The molecule has 0 aliphatic carbocycles. The summed E-state index contributed by atoms with van der Waals surface area (Å²) >= 11 is 0. The van der Waals surface area contributed by atoms with E-state index in [1.54, 1.807) is 47.0 Å². The van der Waals surface area contributed by atoms with Gasteiger partial charge in [0.2, 0.25) is 5.95 Å². The van der Waals surface area contributed by atoms with E-state index in [4.69, 9.17) is 9.84 Å². The third kappa shape index (κ3) is 6.03. The number of carbonyl (C=O) groups is 2. The molecule has 0 fully saturated rings. The van der Waals surface area contributed by atoms with E-state index in [0.29, 0.717) is 40.6 Å². The number of ether oxygens (including phenoxy) is 1. The zero-order valence-electron chi connectivity index (χ0n) is 20.3. The summed E-state index contributed by atoms with van der Waals surface area (Å²) in [5, 5.41) is 14.4. The Kier molecular flexibility index (Phi) is 7.37. The van der Waals surface area contributed by atoms with Crippen LogP contribution in [0.2, 0.25) is 0 Å². The van der Waals surface area contributed by atoms with Gasteiger partial charge >= 0.3 is 5.97 Å². The van der Waals surface area contributed by atoms with Crippen molar-refractivity contribution in [2.75, 3.05) is 18.5 Å². The van der Waals surface area contributed by atoms with Crippen LogP contribution in [0.4, 0.5) is 20.4 Å². The Hall–Kier alpha value is -4.47. The van der Waals surface area contributed by atoms with Crippen molar-refractivity contribution in [3.8, 4) is 5.75 Å². The third-order valence-electron chi connectivity index (χ3n) is 5.65. The lowest BCUT2D eigenvalue weighted by atomic mass is 10.0. The van der Waals surface area contributed by atoms with Crippen LogP contribution in [-0.2, 0) is 17.3 Å². The molecule has 3 N–H and O–H groups in total. The van der Waals surface area contributed by atoms with Gasteiger partial charge < -0.3 is 25.0 Å².